The van der Waals surface area contributed by atoms with Gasteiger partial charge in [-0.25, -0.2) is 14.2 Å². The Morgan fingerprint density at radius 2 is 2.13 bits per heavy atom. The van der Waals surface area contributed by atoms with Crippen LogP contribution in [-0.2, 0) is 0 Å². The minimum absolute atomic E-state index is 0.222. The molecule has 0 aliphatic heterocycles. The summed E-state index contributed by atoms with van der Waals surface area (Å²) < 4.78 is 20.2. The highest BCUT2D eigenvalue weighted by atomic mass is 79.9. The van der Waals surface area contributed by atoms with Crippen LogP contribution in [0, 0.1) is 24.1 Å². The van der Waals surface area contributed by atoms with Crippen molar-refractivity contribution in [2.75, 3.05) is 5.32 Å². The van der Waals surface area contributed by atoms with E-state index in [0.29, 0.717) is 21.8 Å². The topological polar surface area (TPSA) is 78.9 Å². The summed E-state index contributed by atoms with van der Waals surface area (Å²) in [5.74, 6) is -0.422. The number of aromatic nitrogens is 1. The number of fused-ring (bicyclic) bond motifs is 1. The Morgan fingerprint density at radius 3 is 2.93 bits per heavy atom. The lowest BCUT2D eigenvalue weighted by Gasteiger charge is -2.04. The molecule has 0 atom stereocenters. The van der Waals surface area contributed by atoms with E-state index in [9.17, 15) is 14.4 Å². The van der Waals surface area contributed by atoms with Gasteiger partial charge in [-0.3, -0.25) is 0 Å². The summed E-state index contributed by atoms with van der Waals surface area (Å²) in [7, 11) is 0. The van der Waals surface area contributed by atoms with Gasteiger partial charge in [0.1, 0.15) is 28.1 Å². The van der Waals surface area contributed by atoms with Crippen molar-refractivity contribution in [1.29, 1.82) is 5.26 Å². The van der Waals surface area contributed by atoms with E-state index in [1.54, 1.807) is 35.7 Å². The molecule has 2 aromatic heterocycles. The summed E-state index contributed by atoms with van der Waals surface area (Å²) in [6, 6.07) is 13.8. The molecule has 0 unspecified atom stereocenters. The molecule has 0 fully saturated rings. The summed E-state index contributed by atoms with van der Waals surface area (Å²) in [6.07, 6.45) is 1.40. The van der Waals surface area contributed by atoms with Gasteiger partial charge < -0.3 is 9.73 Å². The molecular weight excluding hydrogens is 469 g/mol. The largest absolute Gasteiger partial charge is 0.422 e. The number of benzene rings is 2. The van der Waals surface area contributed by atoms with Crippen LogP contribution in [0.5, 0.6) is 0 Å². The zero-order chi connectivity index (χ0) is 21.3. The number of anilines is 1. The number of nitrogens with zero attached hydrogens (tertiary/aromatic N) is 2. The first-order chi connectivity index (χ1) is 14.4. The van der Waals surface area contributed by atoms with Crippen LogP contribution in [0.25, 0.3) is 27.8 Å². The lowest BCUT2D eigenvalue weighted by molar-refractivity contribution is 0.563. The van der Waals surface area contributed by atoms with Gasteiger partial charge in [0.2, 0.25) is 0 Å². The van der Waals surface area contributed by atoms with Gasteiger partial charge in [0, 0.05) is 21.4 Å². The van der Waals surface area contributed by atoms with Gasteiger partial charge in [-0.2, -0.15) is 5.26 Å². The van der Waals surface area contributed by atoms with Crippen molar-refractivity contribution in [3.8, 4) is 17.3 Å². The summed E-state index contributed by atoms with van der Waals surface area (Å²) in [6.45, 7) is 1.85. The van der Waals surface area contributed by atoms with Crippen LogP contribution >= 0.6 is 27.3 Å². The van der Waals surface area contributed by atoms with E-state index >= 15 is 0 Å². The maximum absolute atomic E-state index is 13.9. The van der Waals surface area contributed by atoms with E-state index in [1.165, 1.54) is 23.6 Å². The molecule has 8 heteroatoms. The summed E-state index contributed by atoms with van der Waals surface area (Å²) in [5, 5.41) is 15.2. The third-order valence-electron chi connectivity index (χ3n) is 4.32. The van der Waals surface area contributed by atoms with E-state index < -0.39 is 11.4 Å². The second-order valence-electron chi connectivity index (χ2n) is 6.47. The Kier molecular flexibility index (Phi) is 5.48. The third kappa shape index (κ3) is 4.03. The highest BCUT2D eigenvalue weighted by Gasteiger charge is 2.14. The number of allylic oxidation sites excluding steroid dienone is 1. The number of halogens is 2. The SMILES string of the molecule is Cc1ccc(F)c(N/C=C(\C#N)c2nc(-c3cc4cc(Br)ccc4oc3=O)cs2)c1. The summed E-state index contributed by atoms with van der Waals surface area (Å²) >= 11 is 4.61. The second kappa shape index (κ2) is 8.22. The third-order valence-corrected chi connectivity index (χ3v) is 5.69. The first kappa shape index (κ1) is 20.0. The number of hydrogen-bond acceptors (Lipinski definition) is 6. The van der Waals surface area contributed by atoms with Crippen molar-refractivity contribution in [3.05, 3.63) is 85.3 Å². The van der Waals surface area contributed by atoms with Gasteiger partial charge in [-0.05, 0) is 48.9 Å². The molecule has 0 amide bonds. The average Bonchev–Trinajstić information content (AvgIpc) is 3.20. The Morgan fingerprint density at radius 1 is 1.30 bits per heavy atom. The van der Waals surface area contributed by atoms with Crippen molar-refractivity contribution in [1.82, 2.24) is 4.98 Å². The number of thiazole rings is 1. The number of nitrogens with one attached hydrogen (secondary N) is 1. The Balaban J connectivity index is 1.68. The predicted octanol–water partition coefficient (Wildman–Crippen LogP) is 6.10. The Hall–Kier alpha value is -3.28. The van der Waals surface area contributed by atoms with Gasteiger partial charge in [0.05, 0.1) is 16.9 Å². The quantitative estimate of drug-likeness (QED) is 0.281. The molecule has 0 aliphatic carbocycles. The molecule has 5 nitrogen and oxygen atoms in total. The van der Waals surface area contributed by atoms with Crippen LogP contribution in [0.1, 0.15) is 10.6 Å². The highest BCUT2D eigenvalue weighted by Crippen LogP contribution is 2.27. The molecule has 2 heterocycles. The van der Waals surface area contributed by atoms with E-state index in [1.807, 2.05) is 13.0 Å². The smallest absolute Gasteiger partial charge is 0.345 e. The van der Waals surface area contributed by atoms with Crippen molar-refractivity contribution >= 4 is 49.5 Å². The first-order valence-electron chi connectivity index (χ1n) is 8.77. The standard InChI is InChI=1S/C22H13BrFN3O2S/c1-12-2-4-17(24)18(6-12)26-10-14(9-25)21-27-19(11-30-21)16-8-13-7-15(23)3-5-20(13)29-22(16)28/h2-8,10-11,26H,1H3/b14-10+. The normalized spacial score (nSPS) is 11.5. The number of nitriles is 1. The van der Waals surface area contributed by atoms with Gasteiger partial charge in [0.25, 0.3) is 0 Å². The maximum Gasteiger partial charge on any atom is 0.345 e. The Labute approximate surface area is 183 Å². The number of rotatable bonds is 4. The maximum atomic E-state index is 13.9. The fourth-order valence-electron chi connectivity index (χ4n) is 2.84. The molecule has 4 aromatic rings. The van der Waals surface area contributed by atoms with Gasteiger partial charge >= 0.3 is 5.63 Å². The fourth-order valence-corrected chi connectivity index (χ4v) is 4.00. The molecule has 0 saturated carbocycles. The molecule has 1 N–H and O–H groups in total. The van der Waals surface area contributed by atoms with Crippen LogP contribution in [0.3, 0.4) is 0 Å². The molecule has 30 heavy (non-hydrogen) atoms. The number of hydrogen-bond donors (Lipinski definition) is 1. The van der Waals surface area contributed by atoms with Gasteiger partial charge in [0.15, 0.2) is 0 Å². The van der Waals surface area contributed by atoms with E-state index in [0.717, 1.165) is 15.4 Å². The molecular formula is C22H13BrFN3O2S. The van der Waals surface area contributed by atoms with Crippen LogP contribution in [0.4, 0.5) is 10.1 Å². The van der Waals surface area contributed by atoms with E-state index in [2.05, 4.69) is 32.3 Å². The molecule has 0 radical (unpaired) electrons. The molecule has 4 rings (SSSR count). The number of aryl methyl sites for hydroxylation is 1. The van der Waals surface area contributed by atoms with Crippen LogP contribution in [-0.4, -0.2) is 4.98 Å². The first-order valence-corrected chi connectivity index (χ1v) is 10.4. The summed E-state index contributed by atoms with van der Waals surface area (Å²) in [4.78, 5) is 16.8. The molecule has 0 aliphatic rings. The zero-order valence-corrected chi connectivity index (χ0v) is 18.0. The summed E-state index contributed by atoms with van der Waals surface area (Å²) in [5.41, 5.74) is 2.05. The van der Waals surface area contributed by atoms with E-state index in [4.69, 9.17) is 4.42 Å². The van der Waals surface area contributed by atoms with Crippen molar-refractivity contribution < 1.29 is 8.81 Å². The molecule has 148 valence electrons. The van der Waals surface area contributed by atoms with Crippen LogP contribution in [0.2, 0.25) is 0 Å². The average molecular weight is 482 g/mol. The van der Waals surface area contributed by atoms with Gasteiger partial charge in [-0.15, -0.1) is 11.3 Å². The molecule has 0 saturated heterocycles. The minimum atomic E-state index is -0.510. The predicted molar refractivity (Wildman–Crippen MR) is 120 cm³/mol. The zero-order valence-electron chi connectivity index (χ0n) is 15.6. The molecule has 0 bridgehead atoms. The molecule has 0 spiro atoms. The van der Waals surface area contributed by atoms with Crippen molar-refractivity contribution in [2.45, 2.75) is 6.92 Å². The minimum Gasteiger partial charge on any atom is -0.422 e. The van der Waals surface area contributed by atoms with Crippen molar-refractivity contribution in [3.63, 3.8) is 0 Å². The second-order valence-corrected chi connectivity index (χ2v) is 8.24. The van der Waals surface area contributed by atoms with E-state index in [-0.39, 0.29) is 11.3 Å². The molecule has 2 aromatic carbocycles. The van der Waals surface area contributed by atoms with Crippen LogP contribution in [0.15, 0.2) is 67.7 Å². The lowest BCUT2D eigenvalue weighted by atomic mass is 10.1. The monoisotopic (exact) mass is 481 g/mol. The van der Waals surface area contributed by atoms with Crippen LogP contribution < -0.4 is 10.9 Å². The fraction of sp³-hybridized carbons (Fsp3) is 0.0455. The Bertz CT molecular complexity index is 1400. The van der Waals surface area contributed by atoms with Gasteiger partial charge in [-0.1, -0.05) is 22.0 Å². The highest BCUT2D eigenvalue weighted by molar-refractivity contribution is 9.10. The van der Waals surface area contributed by atoms with Crippen molar-refractivity contribution in [2.24, 2.45) is 0 Å². The lowest BCUT2D eigenvalue weighted by Crippen LogP contribution is -2.03.